The van der Waals surface area contributed by atoms with E-state index in [2.05, 4.69) is 9.97 Å². The smallest absolute Gasteiger partial charge is 0.339 e. The van der Waals surface area contributed by atoms with Crippen molar-refractivity contribution in [2.75, 3.05) is 11.9 Å². The molecule has 0 saturated heterocycles. The van der Waals surface area contributed by atoms with Crippen LogP contribution in [0, 0.1) is 0 Å². The van der Waals surface area contributed by atoms with E-state index < -0.39 is 5.97 Å². The van der Waals surface area contributed by atoms with Gasteiger partial charge in [-0.2, -0.15) is 0 Å². The number of rotatable bonds is 4. The standard InChI is InChI=1S/C11H11N3O2S/c1-14(5-8-6-17-7-13-8)10-2-3-12-4-9(10)11(15)16/h2-4,6-7H,5H2,1H3,(H,15,16). The Morgan fingerprint density at radius 2 is 2.41 bits per heavy atom. The van der Waals surface area contributed by atoms with Crippen LogP contribution >= 0.6 is 11.3 Å². The topological polar surface area (TPSA) is 66.3 Å². The van der Waals surface area contributed by atoms with Gasteiger partial charge in [-0.3, -0.25) is 4.98 Å². The number of carboxylic acid groups (broad SMARTS) is 1. The Morgan fingerprint density at radius 3 is 3.06 bits per heavy atom. The molecule has 0 aromatic carbocycles. The lowest BCUT2D eigenvalue weighted by Gasteiger charge is -2.19. The van der Waals surface area contributed by atoms with Crippen LogP contribution in [0.5, 0.6) is 0 Å². The number of nitrogens with zero attached hydrogens (tertiary/aromatic N) is 3. The number of carbonyl (C=O) groups is 1. The summed E-state index contributed by atoms with van der Waals surface area (Å²) in [6.07, 6.45) is 2.94. The van der Waals surface area contributed by atoms with E-state index in [0.717, 1.165) is 5.69 Å². The van der Waals surface area contributed by atoms with Crippen LogP contribution in [0.15, 0.2) is 29.4 Å². The fourth-order valence-electron chi connectivity index (χ4n) is 1.53. The summed E-state index contributed by atoms with van der Waals surface area (Å²) in [4.78, 5) is 20.9. The van der Waals surface area contributed by atoms with Gasteiger partial charge in [0, 0.05) is 24.8 Å². The number of aromatic carboxylic acids is 1. The first-order valence-electron chi connectivity index (χ1n) is 4.94. The van der Waals surface area contributed by atoms with Crippen molar-refractivity contribution >= 4 is 23.0 Å². The molecule has 17 heavy (non-hydrogen) atoms. The van der Waals surface area contributed by atoms with E-state index in [9.17, 15) is 4.79 Å². The normalized spacial score (nSPS) is 10.2. The Balaban J connectivity index is 2.24. The summed E-state index contributed by atoms with van der Waals surface area (Å²) in [7, 11) is 1.83. The molecular weight excluding hydrogens is 238 g/mol. The fourth-order valence-corrected chi connectivity index (χ4v) is 2.08. The van der Waals surface area contributed by atoms with E-state index in [1.165, 1.54) is 17.5 Å². The predicted molar refractivity (Wildman–Crippen MR) is 65.4 cm³/mol. The minimum Gasteiger partial charge on any atom is -0.478 e. The Bertz CT molecular complexity index is 513. The number of anilines is 1. The first-order chi connectivity index (χ1) is 8.18. The second-order valence-electron chi connectivity index (χ2n) is 3.53. The van der Waals surface area contributed by atoms with Gasteiger partial charge >= 0.3 is 5.97 Å². The zero-order valence-electron chi connectivity index (χ0n) is 9.20. The summed E-state index contributed by atoms with van der Waals surface area (Å²) in [5, 5.41) is 11.0. The Labute approximate surface area is 102 Å². The van der Waals surface area contributed by atoms with Crippen LogP contribution in [0.25, 0.3) is 0 Å². The number of hydrogen-bond donors (Lipinski definition) is 1. The SMILES string of the molecule is CN(Cc1cscn1)c1ccncc1C(=O)O. The Kier molecular flexibility index (Phi) is 3.34. The zero-order chi connectivity index (χ0) is 12.3. The summed E-state index contributed by atoms with van der Waals surface area (Å²) in [6, 6.07) is 1.69. The average Bonchev–Trinajstić information content (AvgIpc) is 2.81. The molecule has 2 aromatic rings. The van der Waals surface area contributed by atoms with Crippen LogP contribution in [-0.4, -0.2) is 28.1 Å². The summed E-state index contributed by atoms with van der Waals surface area (Å²) >= 11 is 1.52. The minimum atomic E-state index is -0.974. The number of pyridine rings is 1. The van der Waals surface area contributed by atoms with E-state index in [0.29, 0.717) is 12.2 Å². The molecule has 0 unspecified atom stereocenters. The molecule has 0 radical (unpaired) electrons. The monoisotopic (exact) mass is 249 g/mol. The maximum absolute atomic E-state index is 11.0. The molecule has 5 nitrogen and oxygen atoms in total. The molecule has 0 spiro atoms. The van der Waals surface area contributed by atoms with Gasteiger partial charge in [0.1, 0.15) is 5.56 Å². The van der Waals surface area contributed by atoms with E-state index in [1.54, 1.807) is 17.8 Å². The Morgan fingerprint density at radius 1 is 1.59 bits per heavy atom. The predicted octanol–water partition coefficient (Wildman–Crippen LogP) is 1.87. The molecule has 0 bridgehead atoms. The molecule has 2 aromatic heterocycles. The quantitative estimate of drug-likeness (QED) is 0.896. The summed E-state index contributed by atoms with van der Waals surface area (Å²) < 4.78 is 0. The number of carboxylic acids is 1. The fraction of sp³-hybridized carbons (Fsp3) is 0.182. The van der Waals surface area contributed by atoms with Gasteiger partial charge < -0.3 is 10.0 Å². The lowest BCUT2D eigenvalue weighted by molar-refractivity contribution is 0.0697. The minimum absolute atomic E-state index is 0.199. The number of hydrogen-bond acceptors (Lipinski definition) is 5. The zero-order valence-corrected chi connectivity index (χ0v) is 10.0. The van der Waals surface area contributed by atoms with Crippen molar-refractivity contribution in [3.8, 4) is 0 Å². The second kappa shape index (κ2) is 4.92. The van der Waals surface area contributed by atoms with Crippen molar-refractivity contribution in [1.29, 1.82) is 0 Å². The molecule has 0 fully saturated rings. The lowest BCUT2D eigenvalue weighted by atomic mass is 10.2. The van der Waals surface area contributed by atoms with Gasteiger partial charge in [0.15, 0.2) is 0 Å². The van der Waals surface area contributed by atoms with Gasteiger partial charge in [-0.15, -0.1) is 11.3 Å². The maximum Gasteiger partial charge on any atom is 0.339 e. The Hall–Kier alpha value is -1.95. The molecule has 0 amide bonds. The van der Waals surface area contributed by atoms with Crippen LogP contribution in [0.1, 0.15) is 16.1 Å². The van der Waals surface area contributed by atoms with Gasteiger partial charge in [0.05, 0.1) is 23.4 Å². The van der Waals surface area contributed by atoms with E-state index in [1.807, 2.05) is 17.3 Å². The molecule has 6 heteroatoms. The van der Waals surface area contributed by atoms with E-state index in [4.69, 9.17) is 5.11 Å². The van der Waals surface area contributed by atoms with Crippen molar-refractivity contribution < 1.29 is 9.90 Å². The molecule has 0 aliphatic carbocycles. The molecule has 0 atom stereocenters. The number of aromatic nitrogens is 2. The molecule has 2 rings (SSSR count). The first-order valence-corrected chi connectivity index (χ1v) is 5.88. The molecule has 0 aliphatic rings. The van der Waals surface area contributed by atoms with Crippen LogP contribution in [-0.2, 0) is 6.54 Å². The van der Waals surface area contributed by atoms with Crippen LogP contribution in [0.4, 0.5) is 5.69 Å². The van der Waals surface area contributed by atoms with Gasteiger partial charge in [-0.05, 0) is 6.07 Å². The van der Waals surface area contributed by atoms with E-state index in [-0.39, 0.29) is 5.56 Å². The van der Waals surface area contributed by atoms with Gasteiger partial charge in [-0.1, -0.05) is 0 Å². The van der Waals surface area contributed by atoms with Crippen LogP contribution in [0.2, 0.25) is 0 Å². The maximum atomic E-state index is 11.0. The molecule has 0 saturated carbocycles. The van der Waals surface area contributed by atoms with Gasteiger partial charge in [0.2, 0.25) is 0 Å². The highest BCUT2D eigenvalue weighted by atomic mass is 32.1. The third-order valence-corrected chi connectivity index (χ3v) is 2.96. The largest absolute Gasteiger partial charge is 0.478 e. The molecule has 2 heterocycles. The third kappa shape index (κ3) is 2.59. The van der Waals surface area contributed by atoms with Crippen molar-refractivity contribution in [3.05, 3.63) is 40.6 Å². The van der Waals surface area contributed by atoms with Crippen molar-refractivity contribution in [3.63, 3.8) is 0 Å². The average molecular weight is 249 g/mol. The van der Waals surface area contributed by atoms with Gasteiger partial charge in [-0.25, -0.2) is 9.78 Å². The highest BCUT2D eigenvalue weighted by Crippen LogP contribution is 2.19. The molecular formula is C11H11N3O2S. The first kappa shape index (κ1) is 11.5. The van der Waals surface area contributed by atoms with Crippen LogP contribution < -0.4 is 4.90 Å². The van der Waals surface area contributed by atoms with Gasteiger partial charge in [0.25, 0.3) is 0 Å². The third-order valence-electron chi connectivity index (χ3n) is 2.32. The molecule has 1 N–H and O–H groups in total. The summed E-state index contributed by atoms with van der Waals surface area (Å²) in [6.45, 7) is 0.577. The molecule has 0 aliphatic heterocycles. The summed E-state index contributed by atoms with van der Waals surface area (Å²) in [5.41, 5.74) is 3.52. The second-order valence-corrected chi connectivity index (χ2v) is 4.25. The molecule has 88 valence electrons. The van der Waals surface area contributed by atoms with E-state index >= 15 is 0 Å². The van der Waals surface area contributed by atoms with Crippen LogP contribution in [0.3, 0.4) is 0 Å². The highest BCUT2D eigenvalue weighted by Gasteiger charge is 2.13. The van der Waals surface area contributed by atoms with Crippen molar-refractivity contribution in [1.82, 2.24) is 9.97 Å². The summed E-state index contributed by atoms with van der Waals surface area (Å²) in [5.74, 6) is -0.974. The van der Waals surface area contributed by atoms with Crippen molar-refractivity contribution in [2.24, 2.45) is 0 Å². The highest BCUT2D eigenvalue weighted by molar-refractivity contribution is 7.07. The number of thiazole rings is 1. The van der Waals surface area contributed by atoms with Crippen molar-refractivity contribution in [2.45, 2.75) is 6.54 Å². The lowest BCUT2D eigenvalue weighted by Crippen LogP contribution is -2.19.